The Morgan fingerprint density at radius 1 is 1.02 bits per heavy atom. The molecule has 0 aliphatic carbocycles. The lowest BCUT2D eigenvalue weighted by Gasteiger charge is -2.40. The number of fused-ring (bicyclic) bond motifs is 2. The van der Waals surface area contributed by atoms with E-state index in [0.717, 1.165) is 36.8 Å². The van der Waals surface area contributed by atoms with Gasteiger partial charge in [0, 0.05) is 51.4 Å². The molecule has 2 bridgehead atoms. The summed E-state index contributed by atoms with van der Waals surface area (Å²) in [6.07, 6.45) is -0.905. The van der Waals surface area contributed by atoms with Crippen molar-refractivity contribution in [1.82, 2.24) is 13.5 Å². The number of amides is 1. The first kappa shape index (κ1) is 33.4. The van der Waals surface area contributed by atoms with Crippen LogP contribution in [0.1, 0.15) is 58.6 Å². The number of alkyl halides is 4. The van der Waals surface area contributed by atoms with Crippen molar-refractivity contribution in [2.45, 2.75) is 63.1 Å². The summed E-state index contributed by atoms with van der Waals surface area (Å²) in [4.78, 5) is 23.0. The zero-order valence-electron chi connectivity index (χ0n) is 23.4. The Kier molecular flexibility index (Phi) is 11.1. The van der Waals surface area contributed by atoms with Crippen molar-refractivity contribution in [3.05, 3.63) is 70.8 Å². The van der Waals surface area contributed by atoms with Crippen LogP contribution in [0.5, 0.6) is 0 Å². The predicted molar refractivity (Wildman–Crippen MR) is 148 cm³/mol. The molecular formula is C28H36F4N4O5S. The molecule has 0 spiro atoms. The molecule has 2 aliphatic heterocycles. The molecule has 3 N–H and O–H groups in total. The quantitative estimate of drug-likeness (QED) is 0.390. The molecule has 42 heavy (non-hydrogen) atoms. The number of nitrogens with two attached hydrogens (primary N) is 1. The number of carbonyl (C=O) groups is 2. The lowest BCUT2D eigenvalue weighted by atomic mass is 9.84. The second kappa shape index (κ2) is 13.9. The van der Waals surface area contributed by atoms with E-state index in [1.165, 1.54) is 8.61 Å². The van der Waals surface area contributed by atoms with E-state index >= 15 is 0 Å². The highest BCUT2D eigenvalue weighted by Gasteiger charge is 2.41. The number of aliphatic carboxylic acids is 1. The van der Waals surface area contributed by atoms with Crippen LogP contribution in [-0.4, -0.2) is 84.4 Å². The van der Waals surface area contributed by atoms with Crippen LogP contribution in [-0.2, 0) is 28.2 Å². The third-order valence-corrected chi connectivity index (χ3v) is 9.59. The molecule has 2 saturated heterocycles. The topological polar surface area (TPSA) is 124 Å². The van der Waals surface area contributed by atoms with Gasteiger partial charge >= 0.3 is 12.1 Å². The van der Waals surface area contributed by atoms with Crippen molar-refractivity contribution in [2.24, 2.45) is 5.73 Å². The van der Waals surface area contributed by atoms with E-state index in [2.05, 4.69) is 11.0 Å². The van der Waals surface area contributed by atoms with Crippen LogP contribution in [0.15, 0.2) is 48.5 Å². The van der Waals surface area contributed by atoms with Gasteiger partial charge in [-0.25, -0.2) is 9.18 Å². The SMILES string of the molecule is CN(C)S(=O)(=O)N(CCN1C2CCC1CC(c1cccc(C(N)=O)c1)C2)Cc1ccc(CF)cc1.O=C(O)C(F)(F)F. The van der Waals surface area contributed by atoms with Crippen LogP contribution in [0, 0.1) is 0 Å². The van der Waals surface area contributed by atoms with E-state index in [4.69, 9.17) is 15.6 Å². The van der Waals surface area contributed by atoms with Crippen molar-refractivity contribution in [3.63, 3.8) is 0 Å². The molecule has 232 valence electrons. The number of rotatable bonds is 10. The monoisotopic (exact) mass is 616 g/mol. The number of hydrogen-bond donors (Lipinski definition) is 2. The molecule has 2 aliphatic rings. The van der Waals surface area contributed by atoms with Crippen molar-refractivity contribution < 1.29 is 40.7 Å². The standard InChI is InChI=1S/C26H35FN4O3S.C2HF3O2/c1-29(2)35(33,34)30(18-20-8-6-19(17-27)7-9-20)12-13-31-24-10-11-25(31)16-23(15-24)21-4-3-5-22(14-21)26(28)32;3-2(4,5)1(6)7/h3-9,14,23-25H,10-13,15-18H2,1-2H3,(H2,28,32);(H,6,7). The van der Waals surface area contributed by atoms with Crippen LogP contribution >= 0.6 is 0 Å². The van der Waals surface area contributed by atoms with Crippen molar-refractivity contribution in [2.75, 3.05) is 27.2 Å². The maximum atomic E-state index is 13.1. The van der Waals surface area contributed by atoms with Crippen LogP contribution in [0.25, 0.3) is 0 Å². The fraction of sp³-hybridized carbons (Fsp3) is 0.500. The second-order valence-corrected chi connectivity index (χ2v) is 12.8. The lowest BCUT2D eigenvalue weighted by Crippen LogP contribution is -2.48. The summed E-state index contributed by atoms with van der Waals surface area (Å²) < 4.78 is 73.5. The van der Waals surface area contributed by atoms with Gasteiger partial charge in [-0.15, -0.1) is 0 Å². The summed E-state index contributed by atoms with van der Waals surface area (Å²) in [5.74, 6) is -2.79. The Bertz CT molecular complexity index is 1320. The van der Waals surface area contributed by atoms with Gasteiger partial charge in [-0.2, -0.15) is 30.2 Å². The molecule has 2 atom stereocenters. The first-order valence-electron chi connectivity index (χ1n) is 13.4. The summed E-state index contributed by atoms with van der Waals surface area (Å²) in [6.45, 7) is 0.767. The number of primary amides is 1. The second-order valence-electron chi connectivity index (χ2n) is 10.7. The number of hydrogen-bond acceptors (Lipinski definition) is 5. The minimum absolute atomic E-state index is 0.249. The molecule has 9 nitrogen and oxygen atoms in total. The third-order valence-electron chi connectivity index (χ3n) is 7.70. The molecule has 4 rings (SSSR count). The fourth-order valence-electron chi connectivity index (χ4n) is 5.53. The number of carbonyl (C=O) groups excluding carboxylic acids is 1. The van der Waals surface area contributed by atoms with Gasteiger partial charge in [-0.1, -0.05) is 36.4 Å². The van der Waals surface area contributed by atoms with Gasteiger partial charge in [0.05, 0.1) is 0 Å². The Morgan fingerprint density at radius 2 is 1.57 bits per heavy atom. The first-order chi connectivity index (χ1) is 19.6. The lowest BCUT2D eigenvalue weighted by molar-refractivity contribution is -0.192. The zero-order valence-corrected chi connectivity index (χ0v) is 24.2. The maximum absolute atomic E-state index is 13.1. The van der Waals surface area contributed by atoms with Gasteiger partial charge in [0.2, 0.25) is 5.91 Å². The van der Waals surface area contributed by atoms with Crippen LogP contribution in [0.3, 0.4) is 0 Å². The molecule has 2 unspecified atom stereocenters. The number of carboxylic acid groups (broad SMARTS) is 1. The minimum Gasteiger partial charge on any atom is -0.475 e. The average molecular weight is 617 g/mol. The highest BCUT2D eigenvalue weighted by atomic mass is 32.2. The van der Waals surface area contributed by atoms with Crippen molar-refractivity contribution in [1.29, 1.82) is 0 Å². The molecule has 14 heteroatoms. The Morgan fingerprint density at radius 3 is 2.05 bits per heavy atom. The van der Waals surface area contributed by atoms with Crippen molar-refractivity contribution >= 4 is 22.1 Å². The molecule has 0 saturated carbocycles. The average Bonchev–Trinajstić information content (AvgIpc) is 3.16. The number of benzene rings is 2. The van der Waals surface area contributed by atoms with E-state index in [1.54, 1.807) is 44.4 Å². The number of piperidine rings is 1. The number of nitrogens with zero attached hydrogens (tertiary/aromatic N) is 3. The van der Waals surface area contributed by atoms with Gasteiger partial charge in [0.25, 0.3) is 10.2 Å². The molecule has 2 heterocycles. The van der Waals surface area contributed by atoms with E-state index in [9.17, 15) is 30.8 Å². The summed E-state index contributed by atoms with van der Waals surface area (Å²) in [6, 6.07) is 15.4. The van der Waals surface area contributed by atoms with Gasteiger partial charge in [0.1, 0.15) is 6.67 Å². The Balaban J connectivity index is 0.000000616. The predicted octanol–water partition coefficient (Wildman–Crippen LogP) is 3.91. The maximum Gasteiger partial charge on any atom is 0.490 e. The summed E-state index contributed by atoms with van der Waals surface area (Å²) >= 11 is 0. The minimum atomic E-state index is -5.08. The smallest absolute Gasteiger partial charge is 0.475 e. The Hall–Kier alpha value is -3.07. The number of halogens is 4. The Labute approximate surface area is 243 Å². The third kappa shape index (κ3) is 8.49. The van der Waals surface area contributed by atoms with E-state index < -0.39 is 34.9 Å². The highest BCUT2D eigenvalue weighted by molar-refractivity contribution is 7.86. The molecule has 2 aromatic carbocycles. The first-order valence-corrected chi connectivity index (χ1v) is 14.8. The zero-order chi connectivity index (χ0) is 31.2. The molecular weight excluding hydrogens is 580 g/mol. The van der Waals surface area contributed by atoms with Gasteiger partial charge < -0.3 is 10.8 Å². The molecule has 2 fully saturated rings. The van der Waals surface area contributed by atoms with Crippen LogP contribution in [0.2, 0.25) is 0 Å². The molecule has 0 aromatic heterocycles. The van der Waals surface area contributed by atoms with Gasteiger partial charge in [-0.05, 0) is 60.4 Å². The van der Waals surface area contributed by atoms with E-state index in [1.807, 2.05) is 12.1 Å². The largest absolute Gasteiger partial charge is 0.490 e. The molecule has 0 radical (unpaired) electrons. The summed E-state index contributed by atoms with van der Waals surface area (Å²) in [5.41, 5.74) is 8.59. The number of carboxylic acids is 1. The van der Waals surface area contributed by atoms with E-state index in [0.29, 0.717) is 42.2 Å². The van der Waals surface area contributed by atoms with Gasteiger partial charge in [-0.3, -0.25) is 9.69 Å². The summed E-state index contributed by atoms with van der Waals surface area (Å²) in [7, 11) is -0.522. The van der Waals surface area contributed by atoms with Crippen LogP contribution < -0.4 is 5.73 Å². The fourth-order valence-corrected chi connectivity index (χ4v) is 6.62. The van der Waals surface area contributed by atoms with E-state index in [-0.39, 0.29) is 6.54 Å². The molecule has 1 amide bonds. The molecule has 2 aromatic rings. The summed E-state index contributed by atoms with van der Waals surface area (Å²) in [5, 5.41) is 7.12. The normalized spacial score (nSPS) is 20.8. The van der Waals surface area contributed by atoms with Crippen LogP contribution in [0.4, 0.5) is 17.6 Å². The highest BCUT2D eigenvalue weighted by Crippen LogP contribution is 2.43. The van der Waals surface area contributed by atoms with Gasteiger partial charge in [0.15, 0.2) is 0 Å². The van der Waals surface area contributed by atoms with Crippen molar-refractivity contribution in [3.8, 4) is 0 Å².